The summed E-state index contributed by atoms with van der Waals surface area (Å²) in [5.74, 6) is -1.26. The topological polar surface area (TPSA) is 78.8 Å². The van der Waals surface area contributed by atoms with Crippen LogP contribution in [-0.4, -0.2) is 54.3 Å². The standard InChI is InChI=1S/C12H20F3NO4/c13-12(14,15)8-20-6-5-16-7-11(19)3-1-9(2-4-11)10(17)18/h9,16,19H,1-8H2,(H,17,18). The Morgan fingerprint density at radius 2 is 1.95 bits per heavy atom. The van der Waals surface area contributed by atoms with Crippen LogP contribution in [0.25, 0.3) is 0 Å². The Bertz CT molecular complexity index is 314. The van der Waals surface area contributed by atoms with Crippen LogP contribution >= 0.6 is 0 Å². The molecule has 0 radical (unpaired) electrons. The number of nitrogens with one attached hydrogen (secondary N) is 1. The second kappa shape index (κ2) is 7.24. The van der Waals surface area contributed by atoms with E-state index in [4.69, 9.17) is 5.11 Å². The largest absolute Gasteiger partial charge is 0.481 e. The van der Waals surface area contributed by atoms with Crippen molar-refractivity contribution in [2.45, 2.75) is 37.5 Å². The van der Waals surface area contributed by atoms with Crippen LogP contribution in [0.1, 0.15) is 25.7 Å². The van der Waals surface area contributed by atoms with Gasteiger partial charge in [0.05, 0.1) is 18.1 Å². The van der Waals surface area contributed by atoms with E-state index in [1.807, 2.05) is 0 Å². The van der Waals surface area contributed by atoms with Gasteiger partial charge in [0.25, 0.3) is 0 Å². The minimum absolute atomic E-state index is 0.0899. The fraction of sp³-hybridized carbons (Fsp3) is 0.917. The van der Waals surface area contributed by atoms with Gasteiger partial charge < -0.3 is 20.3 Å². The minimum atomic E-state index is -4.33. The van der Waals surface area contributed by atoms with Crippen molar-refractivity contribution in [1.82, 2.24) is 5.32 Å². The molecule has 0 aromatic carbocycles. The first kappa shape index (κ1) is 17.2. The van der Waals surface area contributed by atoms with Crippen molar-refractivity contribution in [3.8, 4) is 0 Å². The quantitative estimate of drug-likeness (QED) is 0.615. The summed E-state index contributed by atoms with van der Waals surface area (Å²) in [5.41, 5.74) is -0.976. The second-order valence-electron chi connectivity index (χ2n) is 5.18. The maximum atomic E-state index is 11.8. The molecule has 0 unspecified atom stereocenters. The molecule has 0 bridgehead atoms. The molecule has 5 nitrogen and oxygen atoms in total. The van der Waals surface area contributed by atoms with Gasteiger partial charge in [-0.15, -0.1) is 0 Å². The molecule has 1 aliphatic rings. The Hall–Kier alpha value is -0.860. The summed E-state index contributed by atoms with van der Waals surface area (Å²) in [6.07, 6.45) is -2.75. The molecular weight excluding hydrogens is 279 g/mol. The van der Waals surface area contributed by atoms with Crippen LogP contribution < -0.4 is 5.32 Å². The van der Waals surface area contributed by atoms with Crippen molar-refractivity contribution in [2.75, 3.05) is 26.3 Å². The van der Waals surface area contributed by atoms with Gasteiger partial charge in [0.1, 0.15) is 6.61 Å². The molecule has 0 heterocycles. The highest BCUT2D eigenvalue weighted by atomic mass is 19.4. The van der Waals surface area contributed by atoms with Gasteiger partial charge in [-0.25, -0.2) is 0 Å². The number of carbonyl (C=O) groups is 1. The maximum Gasteiger partial charge on any atom is 0.411 e. The summed E-state index contributed by atoms with van der Waals surface area (Å²) >= 11 is 0. The first-order valence-corrected chi connectivity index (χ1v) is 6.52. The summed E-state index contributed by atoms with van der Waals surface area (Å²) in [6, 6.07) is 0. The summed E-state index contributed by atoms with van der Waals surface area (Å²) in [5, 5.41) is 21.9. The highest BCUT2D eigenvalue weighted by molar-refractivity contribution is 5.70. The highest BCUT2D eigenvalue weighted by Crippen LogP contribution is 2.31. The van der Waals surface area contributed by atoms with Crippen molar-refractivity contribution in [2.24, 2.45) is 5.92 Å². The number of ether oxygens (including phenoxy) is 1. The first-order valence-electron chi connectivity index (χ1n) is 6.52. The number of aliphatic hydroxyl groups is 1. The molecule has 8 heteroatoms. The van der Waals surface area contributed by atoms with Crippen molar-refractivity contribution in [3.05, 3.63) is 0 Å². The number of halogens is 3. The lowest BCUT2D eigenvalue weighted by atomic mass is 9.79. The number of aliphatic carboxylic acids is 1. The maximum absolute atomic E-state index is 11.8. The van der Waals surface area contributed by atoms with E-state index in [9.17, 15) is 23.1 Å². The second-order valence-corrected chi connectivity index (χ2v) is 5.18. The van der Waals surface area contributed by atoms with Crippen molar-refractivity contribution < 1.29 is 32.9 Å². The van der Waals surface area contributed by atoms with Crippen LogP contribution in [0.4, 0.5) is 13.2 Å². The van der Waals surface area contributed by atoms with Gasteiger partial charge in [0, 0.05) is 13.1 Å². The monoisotopic (exact) mass is 299 g/mol. The number of alkyl halides is 3. The minimum Gasteiger partial charge on any atom is -0.481 e. The fourth-order valence-corrected chi connectivity index (χ4v) is 2.23. The van der Waals surface area contributed by atoms with Gasteiger partial charge in [-0.1, -0.05) is 0 Å². The molecule has 0 spiro atoms. The normalized spacial score (nSPS) is 27.5. The molecule has 3 N–H and O–H groups in total. The molecule has 1 fully saturated rings. The van der Waals surface area contributed by atoms with Gasteiger partial charge >= 0.3 is 12.1 Å². The van der Waals surface area contributed by atoms with E-state index in [0.717, 1.165) is 0 Å². The van der Waals surface area contributed by atoms with Gasteiger partial charge in [-0.3, -0.25) is 4.79 Å². The Morgan fingerprint density at radius 3 is 2.45 bits per heavy atom. The molecule has 0 amide bonds. The van der Waals surface area contributed by atoms with Gasteiger partial charge in [-0.2, -0.15) is 13.2 Å². The highest BCUT2D eigenvalue weighted by Gasteiger charge is 2.35. The molecule has 1 aliphatic carbocycles. The van der Waals surface area contributed by atoms with E-state index in [1.54, 1.807) is 0 Å². The van der Waals surface area contributed by atoms with Crippen molar-refractivity contribution in [3.63, 3.8) is 0 Å². The van der Waals surface area contributed by atoms with E-state index in [0.29, 0.717) is 25.7 Å². The summed E-state index contributed by atoms with van der Waals surface area (Å²) < 4.78 is 39.8. The molecular formula is C12H20F3NO4. The molecule has 0 saturated heterocycles. The Labute approximate surface area is 115 Å². The summed E-state index contributed by atoms with van der Waals surface area (Å²) in [7, 11) is 0. The van der Waals surface area contributed by atoms with E-state index in [-0.39, 0.29) is 19.7 Å². The number of carboxylic acid groups (broad SMARTS) is 1. The van der Waals surface area contributed by atoms with Crippen molar-refractivity contribution >= 4 is 5.97 Å². The van der Waals surface area contributed by atoms with E-state index >= 15 is 0 Å². The van der Waals surface area contributed by atoms with Crippen LogP contribution in [0.2, 0.25) is 0 Å². The average Bonchev–Trinajstić information content (AvgIpc) is 2.33. The first-order chi connectivity index (χ1) is 9.22. The predicted molar refractivity (Wildman–Crippen MR) is 64.3 cm³/mol. The van der Waals surface area contributed by atoms with E-state index in [2.05, 4.69) is 10.1 Å². The predicted octanol–water partition coefficient (Wildman–Crippen LogP) is 1.16. The molecule has 0 aliphatic heterocycles. The summed E-state index contributed by atoms with van der Waals surface area (Å²) in [4.78, 5) is 10.8. The fourth-order valence-electron chi connectivity index (χ4n) is 2.23. The number of rotatable bonds is 7. The molecule has 0 aromatic heterocycles. The van der Waals surface area contributed by atoms with Crippen LogP contribution in [0, 0.1) is 5.92 Å². The van der Waals surface area contributed by atoms with E-state index < -0.39 is 30.3 Å². The number of carboxylic acids is 1. The zero-order chi connectivity index (χ0) is 15.2. The van der Waals surface area contributed by atoms with Crippen LogP contribution in [0.5, 0.6) is 0 Å². The molecule has 0 atom stereocenters. The Balaban J connectivity index is 2.11. The Morgan fingerprint density at radius 1 is 1.35 bits per heavy atom. The van der Waals surface area contributed by atoms with Crippen LogP contribution in [-0.2, 0) is 9.53 Å². The molecule has 0 aromatic rings. The average molecular weight is 299 g/mol. The number of hydrogen-bond donors (Lipinski definition) is 3. The third kappa shape index (κ3) is 6.53. The Kier molecular flexibility index (Phi) is 6.22. The molecule has 1 rings (SSSR count). The van der Waals surface area contributed by atoms with Gasteiger partial charge in [0.15, 0.2) is 0 Å². The lowest BCUT2D eigenvalue weighted by molar-refractivity contribution is -0.173. The molecule has 1 saturated carbocycles. The van der Waals surface area contributed by atoms with Gasteiger partial charge in [-0.05, 0) is 25.7 Å². The zero-order valence-corrected chi connectivity index (χ0v) is 11.1. The van der Waals surface area contributed by atoms with Gasteiger partial charge in [0.2, 0.25) is 0 Å². The summed E-state index contributed by atoms with van der Waals surface area (Å²) in [6.45, 7) is -0.929. The lowest BCUT2D eigenvalue weighted by Gasteiger charge is -2.34. The number of hydrogen-bond acceptors (Lipinski definition) is 4. The van der Waals surface area contributed by atoms with Crippen LogP contribution in [0.15, 0.2) is 0 Å². The van der Waals surface area contributed by atoms with Crippen LogP contribution in [0.3, 0.4) is 0 Å². The molecule has 118 valence electrons. The third-order valence-electron chi connectivity index (χ3n) is 3.41. The van der Waals surface area contributed by atoms with Crippen molar-refractivity contribution in [1.29, 1.82) is 0 Å². The SMILES string of the molecule is O=C(O)C1CCC(O)(CNCCOCC(F)(F)F)CC1. The molecule has 20 heavy (non-hydrogen) atoms. The smallest absolute Gasteiger partial charge is 0.411 e. The van der Waals surface area contributed by atoms with E-state index in [1.165, 1.54) is 0 Å². The third-order valence-corrected chi connectivity index (χ3v) is 3.41. The lowest BCUT2D eigenvalue weighted by Crippen LogP contribution is -2.45. The zero-order valence-electron chi connectivity index (χ0n) is 11.1.